The Bertz CT molecular complexity index is 603. The van der Waals surface area contributed by atoms with Gasteiger partial charge in [-0.1, -0.05) is 23.7 Å². The number of nitriles is 1. The summed E-state index contributed by atoms with van der Waals surface area (Å²) in [4.78, 5) is 0. The Labute approximate surface area is 153 Å². The van der Waals surface area contributed by atoms with E-state index in [4.69, 9.17) is 35.3 Å². The SMILES string of the molecule is CCOC1(OCC)O[C@](C#N)(c2ccc(Cl)cc2)C1(OCC)OCC. The van der Waals surface area contributed by atoms with Gasteiger partial charge in [0.1, 0.15) is 6.07 Å². The molecule has 0 saturated carbocycles. The highest BCUT2D eigenvalue weighted by Gasteiger charge is 2.83. The number of halogens is 1. The van der Waals surface area contributed by atoms with Crippen LogP contribution in [0.15, 0.2) is 24.3 Å². The van der Waals surface area contributed by atoms with Crippen molar-refractivity contribution in [3.05, 3.63) is 34.9 Å². The fourth-order valence-corrected chi connectivity index (χ4v) is 3.22. The molecule has 0 unspecified atom stereocenters. The summed E-state index contributed by atoms with van der Waals surface area (Å²) in [6.07, 6.45) is 0. The van der Waals surface area contributed by atoms with Crippen LogP contribution >= 0.6 is 11.6 Å². The maximum Gasteiger partial charge on any atom is 0.347 e. The molecule has 1 saturated heterocycles. The zero-order chi connectivity index (χ0) is 18.6. The molecule has 0 aromatic heterocycles. The van der Waals surface area contributed by atoms with Crippen molar-refractivity contribution in [2.24, 2.45) is 0 Å². The van der Waals surface area contributed by atoms with Gasteiger partial charge in [-0.2, -0.15) is 5.26 Å². The standard InChI is InChI=1S/C18H24ClNO5/c1-5-21-17(22-6-2)16(13-20,14-9-11-15(19)12-10-14)25-18(17,23-7-3)24-8-4/h9-12H,5-8H2,1-4H3/t16-/m1/s1. The van der Waals surface area contributed by atoms with E-state index in [0.29, 0.717) is 23.8 Å². The van der Waals surface area contributed by atoms with Gasteiger partial charge < -0.3 is 18.9 Å². The van der Waals surface area contributed by atoms with E-state index in [0.717, 1.165) is 0 Å². The number of ether oxygens (including phenoxy) is 5. The van der Waals surface area contributed by atoms with Crippen LogP contribution in [0.3, 0.4) is 0 Å². The van der Waals surface area contributed by atoms with Gasteiger partial charge in [-0.3, -0.25) is 4.74 Å². The lowest BCUT2D eigenvalue weighted by Crippen LogP contribution is -2.83. The number of nitrogens with zero attached hydrogens (tertiary/aromatic N) is 1. The number of hydrogen-bond donors (Lipinski definition) is 0. The number of hydrogen-bond acceptors (Lipinski definition) is 6. The van der Waals surface area contributed by atoms with Gasteiger partial charge in [-0.25, -0.2) is 0 Å². The molecular weight excluding hydrogens is 346 g/mol. The normalized spacial score (nSPS) is 23.7. The van der Waals surface area contributed by atoms with Crippen molar-refractivity contribution in [1.82, 2.24) is 0 Å². The second kappa shape index (κ2) is 8.00. The third-order valence-corrected chi connectivity index (χ3v) is 4.18. The zero-order valence-corrected chi connectivity index (χ0v) is 15.8. The summed E-state index contributed by atoms with van der Waals surface area (Å²) in [6, 6.07) is 8.99. The molecule has 7 heteroatoms. The molecule has 6 nitrogen and oxygen atoms in total. The van der Waals surface area contributed by atoms with Crippen LogP contribution in [0, 0.1) is 11.3 Å². The second-order valence-electron chi connectivity index (χ2n) is 5.31. The van der Waals surface area contributed by atoms with E-state index in [1.807, 2.05) is 13.8 Å². The highest BCUT2D eigenvalue weighted by molar-refractivity contribution is 6.30. The van der Waals surface area contributed by atoms with Crippen LogP contribution < -0.4 is 0 Å². The molecule has 1 fully saturated rings. The average molecular weight is 370 g/mol. The van der Waals surface area contributed by atoms with Gasteiger partial charge >= 0.3 is 11.8 Å². The predicted molar refractivity (Wildman–Crippen MR) is 91.8 cm³/mol. The van der Waals surface area contributed by atoms with Gasteiger partial charge in [0.15, 0.2) is 0 Å². The monoisotopic (exact) mass is 369 g/mol. The topological polar surface area (TPSA) is 69.9 Å². The molecule has 1 aromatic rings. The Hall–Kier alpha value is -1.20. The lowest BCUT2D eigenvalue weighted by Gasteiger charge is -2.62. The van der Waals surface area contributed by atoms with Gasteiger partial charge in [-0.15, -0.1) is 0 Å². The smallest absolute Gasteiger partial charge is 0.340 e. The summed E-state index contributed by atoms with van der Waals surface area (Å²) in [5, 5.41) is 10.6. The molecule has 0 spiro atoms. The van der Waals surface area contributed by atoms with Crippen LogP contribution in [0.2, 0.25) is 5.02 Å². The molecule has 1 aliphatic heterocycles. The molecular formula is C18H24ClNO5. The van der Waals surface area contributed by atoms with Gasteiger partial charge in [0, 0.05) is 37.0 Å². The molecule has 1 aliphatic rings. The first kappa shape index (κ1) is 20.1. The van der Waals surface area contributed by atoms with Gasteiger partial charge in [0.2, 0.25) is 5.60 Å². The molecule has 0 radical (unpaired) electrons. The minimum atomic E-state index is -1.63. The van der Waals surface area contributed by atoms with Crippen molar-refractivity contribution < 1.29 is 23.7 Å². The number of benzene rings is 1. The van der Waals surface area contributed by atoms with E-state index in [-0.39, 0.29) is 13.2 Å². The Morgan fingerprint density at radius 1 is 0.920 bits per heavy atom. The van der Waals surface area contributed by atoms with Crippen molar-refractivity contribution in [3.8, 4) is 6.07 Å². The summed E-state index contributed by atoms with van der Waals surface area (Å²) >= 11 is 5.98. The molecule has 1 heterocycles. The number of rotatable bonds is 9. The fourth-order valence-electron chi connectivity index (χ4n) is 3.10. The fraction of sp³-hybridized carbons (Fsp3) is 0.611. The minimum absolute atomic E-state index is 0.280. The van der Waals surface area contributed by atoms with E-state index >= 15 is 0 Å². The quantitative estimate of drug-likeness (QED) is 0.619. The molecule has 138 valence electrons. The van der Waals surface area contributed by atoms with Crippen molar-refractivity contribution in [2.45, 2.75) is 45.1 Å². The van der Waals surface area contributed by atoms with E-state index in [9.17, 15) is 5.26 Å². The summed E-state index contributed by atoms with van der Waals surface area (Å²) in [7, 11) is 0. The highest BCUT2D eigenvalue weighted by Crippen LogP contribution is 2.60. The Balaban J connectivity index is 2.63. The van der Waals surface area contributed by atoms with E-state index in [2.05, 4.69) is 6.07 Å². The van der Waals surface area contributed by atoms with Crippen molar-refractivity contribution in [2.75, 3.05) is 26.4 Å². The summed E-state index contributed by atoms with van der Waals surface area (Å²) in [6.45, 7) is 8.39. The molecule has 0 N–H and O–H groups in total. The largest absolute Gasteiger partial charge is 0.347 e. The van der Waals surface area contributed by atoms with Crippen molar-refractivity contribution in [3.63, 3.8) is 0 Å². The first-order chi connectivity index (χ1) is 12.0. The van der Waals surface area contributed by atoms with Crippen molar-refractivity contribution in [1.29, 1.82) is 5.26 Å². The Kier molecular flexibility index (Phi) is 6.44. The first-order valence-electron chi connectivity index (χ1n) is 8.44. The lowest BCUT2D eigenvalue weighted by molar-refractivity contribution is -0.617. The molecule has 1 atom stereocenters. The van der Waals surface area contributed by atoms with Crippen LogP contribution in [0.25, 0.3) is 0 Å². The predicted octanol–water partition coefficient (Wildman–Crippen LogP) is 3.59. The van der Waals surface area contributed by atoms with Gasteiger partial charge in [0.05, 0.1) is 0 Å². The molecule has 25 heavy (non-hydrogen) atoms. The lowest BCUT2D eigenvalue weighted by atomic mass is 9.78. The van der Waals surface area contributed by atoms with Gasteiger partial charge in [0.25, 0.3) is 0 Å². The Morgan fingerprint density at radius 3 is 1.80 bits per heavy atom. The van der Waals surface area contributed by atoms with Crippen LogP contribution in [-0.2, 0) is 29.3 Å². The van der Waals surface area contributed by atoms with Crippen LogP contribution in [0.5, 0.6) is 0 Å². The Morgan fingerprint density at radius 2 is 1.40 bits per heavy atom. The molecule has 1 aromatic carbocycles. The zero-order valence-electron chi connectivity index (χ0n) is 15.0. The minimum Gasteiger partial charge on any atom is -0.340 e. The summed E-state index contributed by atoms with van der Waals surface area (Å²) in [5.74, 6) is -3.20. The van der Waals surface area contributed by atoms with E-state index < -0.39 is 17.4 Å². The molecule has 2 rings (SSSR count). The highest BCUT2D eigenvalue weighted by atomic mass is 35.5. The van der Waals surface area contributed by atoms with Gasteiger partial charge in [-0.05, 0) is 39.8 Å². The first-order valence-corrected chi connectivity index (χ1v) is 8.82. The van der Waals surface area contributed by atoms with Crippen LogP contribution in [0.1, 0.15) is 33.3 Å². The average Bonchev–Trinajstić information content (AvgIpc) is 2.60. The molecule has 0 bridgehead atoms. The van der Waals surface area contributed by atoms with E-state index in [1.165, 1.54) is 0 Å². The second-order valence-corrected chi connectivity index (χ2v) is 5.74. The molecule has 0 aliphatic carbocycles. The maximum atomic E-state index is 10.0. The summed E-state index contributed by atoms with van der Waals surface area (Å²) < 4.78 is 29.4. The molecule has 0 amide bonds. The van der Waals surface area contributed by atoms with Crippen LogP contribution in [0.4, 0.5) is 0 Å². The van der Waals surface area contributed by atoms with Crippen molar-refractivity contribution >= 4 is 11.6 Å². The third kappa shape index (κ3) is 2.95. The van der Waals surface area contributed by atoms with E-state index in [1.54, 1.807) is 38.1 Å². The third-order valence-electron chi connectivity index (χ3n) is 3.93. The summed E-state index contributed by atoms with van der Waals surface area (Å²) in [5.41, 5.74) is -0.996. The maximum absolute atomic E-state index is 10.0. The van der Waals surface area contributed by atoms with Crippen LogP contribution in [-0.4, -0.2) is 38.2 Å².